The molecule has 1 saturated carbocycles. The van der Waals surface area contributed by atoms with Crippen molar-refractivity contribution in [2.24, 2.45) is 17.8 Å². The van der Waals surface area contributed by atoms with Gasteiger partial charge in [-0.05, 0) is 55.7 Å². The van der Waals surface area contributed by atoms with E-state index >= 15 is 0 Å². The highest BCUT2D eigenvalue weighted by atomic mass is 16.6. The Bertz CT molecular complexity index is 1140. The van der Waals surface area contributed by atoms with Crippen LogP contribution in [0.3, 0.4) is 0 Å². The maximum absolute atomic E-state index is 13.0. The number of hydrogen-bond donors (Lipinski definition) is 1. The lowest BCUT2D eigenvalue weighted by atomic mass is 9.75. The summed E-state index contributed by atoms with van der Waals surface area (Å²) in [5, 5.41) is 13.6. The van der Waals surface area contributed by atoms with Crippen molar-refractivity contribution in [1.82, 2.24) is 0 Å². The van der Waals surface area contributed by atoms with Gasteiger partial charge in [0.1, 0.15) is 6.10 Å². The smallest absolute Gasteiger partial charge is 0.339 e. The van der Waals surface area contributed by atoms with Crippen LogP contribution in [0.15, 0.2) is 42.5 Å². The number of anilines is 1. The molecule has 1 fully saturated rings. The molecule has 2 aromatic rings. The third-order valence-electron chi connectivity index (χ3n) is 6.61. The highest BCUT2D eigenvalue weighted by Gasteiger charge is 2.34. The zero-order chi connectivity index (χ0) is 26.4. The molecule has 9 nitrogen and oxygen atoms in total. The topological polar surface area (TPSA) is 125 Å². The number of benzene rings is 2. The van der Waals surface area contributed by atoms with Crippen molar-refractivity contribution in [3.63, 3.8) is 0 Å². The molecule has 0 aromatic heterocycles. The molecule has 0 radical (unpaired) electrons. The van der Waals surface area contributed by atoms with Crippen LogP contribution in [0.25, 0.3) is 0 Å². The van der Waals surface area contributed by atoms with Crippen LogP contribution in [0.4, 0.5) is 11.4 Å². The Morgan fingerprint density at radius 1 is 1.08 bits per heavy atom. The fourth-order valence-electron chi connectivity index (χ4n) is 4.58. The molecule has 0 bridgehead atoms. The Kier molecular flexibility index (Phi) is 8.79. The Morgan fingerprint density at radius 2 is 1.75 bits per heavy atom. The summed E-state index contributed by atoms with van der Waals surface area (Å²) in [4.78, 5) is 48.6. The van der Waals surface area contributed by atoms with Gasteiger partial charge in [-0.25, -0.2) is 9.59 Å². The van der Waals surface area contributed by atoms with Gasteiger partial charge in [0.2, 0.25) is 0 Å². The Hall–Kier alpha value is -3.75. The van der Waals surface area contributed by atoms with E-state index in [-0.39, 0.29) is 34.5 Å². The molecule has 0 aliphatic heterocycles. The van der Waals surface area contributed by atoms with Crippen molar-refractivity contribution in [3.05, 3.63) is 69.3 Å². The molecule has 3 atom stereocenters. The first-order valence-electron chi connectivity index (χ1n) is 12.1. The van der Waals surface area contributed by atoms with Crippen molar-refractivity contribution in [2.75, 3.05) is 11.9 Å². The number of nitrogens with zero attached hydrogens (tertiary/aromatic N) is 1. The lowest BCUT2D eigenvalue weighted by molar-refractivity contribution is -0.385. The van der Waals surface area contributed by atoms with Crippen molar-refractivity contribution in [2.45, 2.75) is 53.1 Å². The lowest BCUT2D eigenvalue weighted by Crippen LogP contribution is -2.36. The molecule has 0 heterocycles. The summed E-state index contributed by atoms with van der Waals surface area (Å²) in [7, 11) is 0. The van der Waals surface area contributed by atoms with E-state index in [0.29, 0.717) is 17.4 Å². The van der Waals surface area contributed by atoms with E-state index in [9.17, 15) is 24.5 Å². The number of aryl methyl sites for hydroxylation is 1. The molecule has 36 heavy (non-hydrogen) atoms. The minimum atomic E-state index is -0.843. The van der Waals surface area contributed by atoms with Crippen LogP contribution >= 0.6 is 0 Å². The van der Waals surface area contributed by atoms with Gasteiger partial charge in [0.05, 0.1) is 16.1 Å². The summed E-state index contributed by atoms with van der Waals surface area (Å²) < 4.78 is 11.0. The van der Waals surface area contributed by atoms with Gasteiger partial charge in [0.25, 0.3) is 11.6 Å². The van der Waals surface area contributed by atoms with Crippen molar-refractivity contribution < 1.29 is 28.8 Å². The summed E-state index contributed by atoms with van der Waals surface area (Å²) in [6.45, 7) is 7.34. The molecule has 2 aromatic carbocycles. The van der Waals surface area contributed by atoms with E-state index in [0.717, 1.165) is 19.3 Å². The molecule has 0 spiro atoms. The van der Waals surface area contributed by atoms with Crippen LogP contribution in [-0.4, -0.2) is 35.5 Å². The number of carbonyl (C=O) groups is 3. The second-order valence-corrected chi connectivity index (χ2v) is 9.70. The highest BCUT2D eigenvalue weighted by Crippen LogP contribution is 2.36. The first-order chi connectivity index (χ1) is 17.1. The van der Waals surface area contributed by atoms with Crippen LogP contribution in [0.5, 0.6) is 0 Å². The fraction of sp³-hybridized carbons (Fsp3) is 0.444. The molecule has 0 unspecified atom stereocenters. The number of nitro groups is 1. The number of ether oxygens (including phenoxy) is 2. The quantitative estimate of drug-likeness (QED) is 0.298. The van der Waals surface area contributed by atoms with Gasteiger partial charge in [-0.2, -0.15) is 0 Å². The second kappa shape index (κ2) is 11.8. The summed E-state index contributed by atoms with van der Waals surface area (Å²) in [6.07, 6.45) is 2.63. The summed E-state index contributed by atoms with van der Waals surface area (Å²) in [5.41, 5.74) is 0.613. The number of carbonyl (C=O) groups excluding carboxylic acids is 3. The summed E-state index contributed by atoms with van der Waals surface area (Å²) in [6, 6.07) is 10.4. The second-order valence-electron chi connectivity index (χ2n) is 9.70. The largest absolute Gasteiger partial charge is 0.458 e. The van der Waals surface area contributed by atoms with Crippen LogP contribution in [0.1, 0.15) is 66.3 Å². The van der Waals surface area contributed by atoms with Crippen molar-refractivity contribution in [3.8, 4) is 0 Å². The van der Waals surface area contributed by atoms with E-state index in [2.05, 4.69) is 26.1 Å². The minimum absolute atomic E-state index is 0.00577. The number of nitrogens with one attached hydrogen (secondary N) is 1. The molecule has 1 aliphatic carbocycles. The first-order valence-corrected chi connectivity index (χ1v) is 12.1. The Balaban J connectivity index is 1.65. The summed E-state index contributed by atoms with van der Waals surface area (Å²) >= 11 is 0. The number of nitro benzene ring substituents is 1. The van der Waals surface area contributed by atoms with Crippen molar-refractivity contribution >= 4 is 29.2 Å². The van der Waals surface area contributed by atoms with E-state index in [1.165, 1.54) is 30.3 Å². The normalized spacial score (nSPS) is 19.4. The van der Waals surface area contributed by atoms with Crippen LogP contribution in [0, 0.1) is 34.8 Å². The lowest BCUT2D eigenvalue weighted by Gasteiger charge is -2.36. The van der Waals surface area contributed by atoms with E-state index in [4.69, 9.17) is 9.47 Å². The Labute approximate surface area is 210 Å². The number of amides is 1. The number of esters is 2. The van der Waals surface area contributed by atoms with Gasteiger partial charge >= 0.3 is 11.9 Å². The zero-order valence-electron chi connectivity index (χ0n) is 21.0. The third-order valence-corrected chi connectivity index (χ3v) is 6.61. The molecule has 1 amide bonds. The highest BCUT2D eigenvalue weighted by molar-refractivity contribution is 6.04. The molecule has 3 rings (SSSR count). The zero-order valence-corrected chi connectivity index (χ0v) is 21.0. The molecular weight excluding hydrogens is 464 g/mol. The molecule has 1 N–H and O–H groups in total. The SMILES string of the molecule is Cc1ccc(NC(=O)COC(=O)c2ccccc2C(=O)O[C@@H]2C[C@@H](C)CC[C@H]2C(C)C)cc1[N+](=O)[O-]. The molecule has 9 heteroatoms. The van der Waals surface area contributed by atoms with Crippen LogP contribution < -0.4 is 5.32 Å². The maximum Gasteiger partial charge on any atom is 0.339 e. The molecule has 1 aliphatic rings. The van der Waals surface area contributed by atoms with Crippen molar-refractivity contribution in [1.29, 1.82) is 0 Å². The molecule has 192 valence electrons. The predicted octanol–water partition coefficient (Wildman–Crippen LogP) is 5.32. The minimum Gasteiger partial charge on any atom is -0.458 e. The van der Waals surface area contributed by atoms with E-state index in [1.807, 2.05) is 0 Å². The maximum atomic E-state index is 13.0. The van der Waals surface area contributed by atoms with Gasteiger partial charge in [-0.1, -0.05) is 45.4 Å². The average Bonchev–Trinajstić information content (AvgIpc) is 2.83. The Morgan fingerprint density at radius 3 is 2.39 bits per heavy atom. The number of rotatable bonds is 8. The van der Waals surface area contributed by atoms with Gasteiger partial charge < -0.3 is 14.8 Å². The first kappa shape index (κ1) is 26.8. The van der Waals surface area contributed by atoms with Gasteiger partial charge in [-0.15, -0.1) is 0 Å². The van der Waals surface area contributed by atoms with Crippen LogP contribution in [-0.2, 0) is 14.3 Å². The van der Waals surface area contributed by atoms with Gasteiger partial charge in [0, 0.05) is 17.3 Å². The fourth-order valence-corrected chi connectivity index (χ4v) is 4.58. The summed E-state index contributed by atoms with van der Waals surface area (Å²) in [5.74, 6) is -1.03. The predicted molar refractivity (Wildman–Crippen MR) is 134 cm³/mol. The third kappa shape index (κ3) is 6.68. The molecular formula is C27H32N2O7. The van der Waals surface area contributed by atoms with Gasteiger partial charge in [0.15, 0.2) is 6.61 Å². The van der Waals surface area contributed by atoms with Crippen LogP contribution in [0.2, 0.25) is 0 Å². The molecule has 0 saturated heterocycles. The van der Waals surface area contributed by atoms with E-state index in [1.54, 1.807) is 19.1 Å². The van der Waals surface area contributed by atoms with Gasteiger partial charge in [-0.3, -0.25) is 14.9 Å². The number of hydrogen-bond acceptors (Lipinski definition) is 7. The average molecular weight is 497 g/mol. The van der Waals surface area contributed by atoms with E-state index < -0.39 is 29.4 Å². The monoisotopic (exact) mass is 496 g/mol. The standard InChI is InChI=1S/C27H32N2O7/c1-16(2)20-12-9-17(3)13-24(20)36-27(32)22-8-6-5-7-21(22)26(31)35-15-25(30)28-19-11-10-18(4)23(14-19)29(33)34/h5-8,10-11,14,16-17,20,24H,9,12-13,15H2,1-4H3,(H,28,30)/t17-,20-,24+/m0/s1.